The van der Waals surface area contributed by atoms with Gasteiger partial charge in [0.15, 0.2) is 5.75 Å². The van der Waals surface area contributed by atoms with Gasteiger partial charge in [0, 0.05) is 19.2 Å². The number of hydrogen-bond donors (Lipinski definition) is 1. The van der Waals surface area contributed by atoms with Crippen LogP contribution in [0.4, 0.5) is 18.9 Å². The van der Waals surface area contributed by atoms with E-state index in [0.717, 1.165) is 19.2 Å². The quantitative estimate of drug-likeness (QED) is 0.588. The summed E-state index contributed by atoms with van der Waals surface area (Å²) in [7, 11) is -3.44. The zero-order chi connectivity index (χ0) is 19.9. The Hall–Kier alpha value is -2.41. The molecule has 0 radical (unpaired) electrons. The fourth-order valence-corrected chi connectivity index (χ4v) is 4.18. The number of hydrogen-bond acceptors (Lipinski definition) is 6. The Morgan fingerprint density at radius 2 is 2.00 bits per heavy atom. The molecule has 2 atom stereocenters. The molecule has 0 unspecified atom stereocenters. The van der Waals surface area contributed by atoms with E-state index in [9.17, 15) is 36.5 Å². The molecule has 26 heavy (non-hydrogen) atoms. The summed E-state index contributed by atoms with van der Waals surface area (Å²) in [5, 5.41) is 20.0. The molecule has 144 valence electrons. The third-order valence-corrected chi connectivity index (χ3v) is 5.84. The minimum Gasteiger partial charge on any atom is -0.490 e. The van der Waals surface area contributed by atoms with Gasteiger partial charge >= 0.3 is 17.8 Å². The molecule has 1 heterocycles. The normalized spacial score (nSPS) is 21.5. The van der Waals surface area contributed by atoms with E-state index in [1.54, 1.807) is 0 Å². The molecular formula is C13H13F3N2O7S. The van der Waals surface area contributed by atoms with Crippen LogP contribution in [0.25, 0.3) is 0 Å². The Morgan fingerprint density at radius 3 is 2.42 bits per heavy atom. The van der Waals surface area contributed by atoms with Crippen LogP contribution in [0.15, 0.2) is 23.1 Å². The van der Waals surface area contributed by atoms with Crippen LogP contribution in [-0.4, -0.2) is 55.1 Å². The zero-order valence-electron chi connectivity index (χ0n) is 13.1. The predicted molar refractivity (Wildman–Crippen MR) is 79.1 cm³/mol. The Morgan fingerprint density at radius 1 is 1.38 bits per heavy atom. The lowest BCUT2D eigenvalue weighted by molar-refractivity contribution is -0.386. The summed E-state index contributed by atoms with van der Waals surface area (Å²) in [6.07, 6.45) is -4.90. The summed E-state index contributed by atoms with van der Waals surface area (Å²) in [4.78, 5) is 20.5. The number of rotatable bonds is 5. The fourth-order valence-electron chi connectivity index (χ4n) is 2.67. The molecule has 1 aromatic rings. The number of carbonyl (C=O) groups is 1. The highest BCUT2D eigenvalue weighted by Gasteiger charge is 2.55. The van der Waals surface area contributed by atoms with Crippen molar-refractivity contribution in [3.8, 4) is 5.75 Å². The third kappa shape index (κ3) is 3.58. The second-order valence-corrected chi connectivity index (χ2v) is 7.44. The van der Waals surface area contributed by atoms with Gasteiger partial charge in [-0.15, -0.1) is 0 Å². The Bertz CT molecular complexity index is 841. The van der Waals surface area contributed by atoms with Gasteiger partial charge in [-0.3, -0.25) is 14.9 Å². The highest BCUT2D eigenvalue weighted by Crippen LogP contribution is 2.40. The molecule has 0 saturated carbocycles. The number of methoxy groups -OCH3 is 1. The van der Waals surface area contributed by atoms with E-state index in [4.69, 9.17) is 9.84 Å². The van der Waals surface area contributed by atoms with Gasteiger partial charge in [-0.05, 0) is 12.1 Å². The van der Waals surface area contributed by atoms with Gasteiger partial charge in [0.2, 0.25) is 10.0 Å². The first-order chi connectivity index (χ1) is 11.9. The number of nitrogens with zero attached hydrogens (tertiary/aromatic N) is 2. The number of sulfonamides is 1. The van der Waals surface area contributed by atoms with Crippen LogP contribution < -0.4 is 4.74 Å². The van der Waals surface area contributed by atoms with E-state index in [-0.39, 0.29) is 5.75 Å². The van der Waals surface area contributed by atoms with E-state index in [1.165, 1.54) is 0 Å². The maximum Gasteiger partial charge on any atom is 0.393 e. The van der Waals surface area contributed by atoms with Crippen LogP contribution in [0, 0.1) is 22.0 Å². The average Bonchev–Trinajstić information content (AvgIpc) is 3.00. The molecule has 1 aromatic carbocycles. The summed E-state index contributed by atoms with van der Waals surface area (Å²) in [6, 6.07) is 2.60. The minimum absolute atomic E-state index is 0.230. The summed E-state index contributed by atoms with van der Waals surface area (Å²) in [6.45, 7) is -1.97. The van der Waals surface area contributed by atoms with Crippen molar-refractivity contribution in [3.63, 3.8) is 0 Å². The van der Waals surface area contributed by atoms with E-state index in [1.807, 2.05) is 0 Å². The molecule has 9 nitrogen and oxygen atoms in total. The molecule has 0 aliphatic carbocycles. The van der Waals surface area contributed by atoms with Crippen molar-refractivity contribution >= 4 is 21.7 Å². The molecule has 0 spiro atoms. The van der Waals surface area contributed by atoms with E-state index in [0.29, 0.717) is 10.4 Å². The lowest BCUT2D eigenvalue weighted by Gasteiger charge is -2.18. The number of halogens is 3. The van der Waals surface area contributed by atoms with Crippen molar-refractivity contribution in [3.05, 3.63) is 28.3 Å². The molecule has 1 aliphatic rings. The summed E-state index contributed by atoms with van der Waals surface area (Å²) in [5.74, 6) is -6.33. The van der Waals surface area contributed by atoms with E-state index in [2.05, 4.69) is 0 Å². The van der Waals surface area contributed by atoms with Gasteiger partial charge in [0.05, 0.1) is 28.8 Å². The van der Waals surface area contributed by atoms with Crippen LogP contribution in [0.5, 0.6) is 5.75 Å². The first-order valence-corrected chi connectivity index (χ1v) is 8.45. The summed E-state index contributed by atoms with van der Waals surface area (Å²) in [5.41, 5.74) is -0.685. The van der Waals surface area contributed by atoms with Crippen LogP contribution in [0.2, 0.25) is 0 Å². The number of alkyl halides is 3. The third-order valence-electron chi connectivity index (χ3n) is 4.01. The van der Waals surface area contributed by atoms with Gasteiger partial charge in [-0.25, -0.2) is 8.42 Å². The molecule has 2 rings (SSSR count). The number of ether oxygens (including phenoxy) is 1. The molecule has 1 aliphatic heterocycles. The van der Waals surface area contributed by atoms with Gasteiger partial charge in [0.25, 0.3) is 0 Å². The van der Waals surface area contributed by atoms with Crippen LogP contribution in [-0.2, 0) is 14.8 Å². The lowest BCUT2D eigenvalue weighted by Crippen LogP contribution is -2.34. The Balaban J connectivity index is 2.44. The number of nitro benzene ring substituents is 1. The first-order valence-electron chi connectivity index (χ1n) is 7.01. The summed E-state index contributed by atoms with van der Waals surface area (Å²) < 4.78 is 69.2. The molecule has 0 amide bonds. The lowest BCUT2D eigenvalue weighted by atomic mass is 9.96. The van der Waals surface area contributed by atoms with Crippen molar-refractivity contribution in [1.29, 1.82) is 0 Å². The smallest absolute Gasteiger partial charge is 0.393 e. The molecule has 0 bridgehead atoms. The van der Waals surface area contributed by atoms with Gasteiger partial charge in [-0.1, -0.05) is 0 Å². The van der Waals surface area contributed by atoms with Crippen molar-refractivity contribution in [2.24, 2.45) is 11.8 Å². The number of carboxylic acid groups (broad SMARTS) is 1. The topological polar surface area (TPSA) is 127 Å². The monoisotopic (exact) mass is 398 g/mol. The number of carboxylic acids is 1. The van der Waals surface area contributed by atoms with Gasteiger partial charge in [-0.2, -0.15) is 17.5 Å². The standard InChI is InChI=1S/C13H13F3N2O7S/c1-25-11-3-2-7(4-10(11)18(21)22)26(23,24)17-5-8(12(19)20)9(6-17)13(14,15)16/h2-4,8-9H,5-6H2,1H3,(H,19,20)/t8-,9-/m1/s1. The molecule has 1 fully saturated rings. The largest absolute Gasteiger partial charge is 0.490 e. The molecule has 13 heteroatoms. The van der Waals surface area contributed by atoms with Crippen LogP contribution in [0.3, 0.4) is 0 Å². The Labute approximate surface area is 145 Å². The number of benzene rings is 1. The zero-order valence-corrected chi connectivity index (χ0v) is 14.0. The molecule has 0 aromatic heterocycles. The van der Waals surface area contributed by atoms with E-state index >= 15 is 0 Å². The number of aliphatic carboxylic acids is 1. The van der Waals surface area contributed by atoms with Gasteiger partial charge < -0.3 is 9.84 Å². The Kier molecular flexibility index (Phi) is 5.14. The van der Waals surface area contributed by atoms with Gasteiger partial charge in [0.1, 0.15) is 0 Å². The highest BCUT2D eigenvalue weighted by molar-refractivity contribution is 7.89. The maximum absolute atomic E-state index is 13.0. The van der Waals surface area contributed by atoms with Crippen molar-refractivity contribution in [2.45, 2.75) is 11.1 Å². The second-order valence-electron chi connectivity index (χ2n) is 5.51. The SMILES string of the molecule is COc1ccc(S(=O)(=O)N2C[C@@H](C(F)(F)F)[C@H](C(=O)O)C2)cc1[N+](=O)[O-]. The van der Waals surface area contributed by atoms with Crippen LogP contribution >= 0.6 is 0 Å². The van der Waals surface area contributed by atoms with E-state index < -0.39 is 62.6 Å². The summed E-state index contributed by atoms with van der Waals surface area (Å²) >= 11 is 0. The highest BCUT2D eigenvalue weighted by atomic mass is 32.2. The van der Waals surface area contributed by atoms with Crippen LogP contribution in [0.1, 0.15) is 0 Å². The molecule has 1 N–H and O–H groups in total. The molecule has 1 saturated heterocycles. The maximum atomic E-state index is 13.0. The minimum atomic E-state index is -4.90. The fraction of sp³-hybridized carbons (Fsp3) is 0.462. The number of nitro groups is 1. The second kappa shape index (κ2) is 6.72. The van der Waals surface area contributed by atoms with Crippen molar-refractivity contribution in [1.82, 2.24) is 4.31 Å². The average molecular weight is 398 g/mol. The van der Waals surface area contributed by atoms with Crippen molar-refractivity contribution < 1.29 is 41.2 Å². The molecular weight excluding hydrogens is 385 g/mol. The first kappa shape index (κ1) is 19.9. The predicted octanol–water partition coefficient (Wildman–Crippen LogP) is 1.49. The van der Waals surface area contributed by atoms with Crippen molar-refractivity contribution in [2.75, 3.05) is 20.2 Å².